The molecule has 4 N–H and O–H groups in total. The molecule has 0 bridgehead atoms. The third-order valence-corrected chi connectivity index (χ3v) is 3.65. The number of carboxylic acid groups (broad SMARTS) is 1. The molecule has 0 aromatic rings. The maximum absolute atomic E-state index is 12.1. The predicted octanol–water partition coefficient (Wildman–Crippen LogP) is 0.535. The zero-order valence-electron chi connectivity index (χ0n) is 12.0. The monoisotopic (exact) mass is 285 g/mol. The number of carbonyl (C=O) groups excluding carboxylic acids is 2. The number of nitrogens with two attached hydrogens (primary N) is 1. The lowest BCUT2D eigenvalue weighted by atomic mass is 9.95. The first-order valence-corrected chi connectivity index (χ1v) is 6.89. The Bertz CT molecular complexity index is 386. The summed E-state index contributed by atoms with van der Waals surface area (Å²) in [4.78, 5) is 35.6. The highest BCUT2D eigenvalue weighted by atomic mass is 16.4. The second-order valence-electron chi connectivity index (χ2n) is 5.53. The van der Waals surface area contributed by atoms with Gasteiger partial charge in [0.25, 0.3) is 0 Å². The molecule has 1 saturated heterocycles. The topological polar surface area (TPSA) is 113 Å². The first kappa shape index (κ1) is 16.3. The van der Waals surface area contributed by atoms with Crippen LogP contribution in [0.4, 0.5) is 4.79 Å². The Hall–Kier alpha value is -1.79. The van der Waals surface area contributed by atoms with E-state index in [-0.39, 0.29) is 24.9 Å². The second kappa shape index (κ2) is 7.12. The van der Waals surface area contributed by atoms with E-state index in [2.05, 4.69) is 12.2 Å². The van der Waals surface area contributed by atoms with Crippen LogP contribution in [-0.2, 0) is 9.59 Å². The predicted molar refractivity (Wildman–Crippen MR) is 72.9 cm³/mol. The van der Waals surface area contributed by atoms with Gasteiger partial charge in [-0.25, -0.2) is 9.59 Å². The smallest absolute Gasteiger partial charge is 0.326 e. The van der Waals surface area contributed by atoms with Crippen molar-refractivity contribution in [2.24, 2.45) is 11.7 Å². The number of nitrogens with one attached hydrogen (secondary N) is 1. The van der Waals surface area contributed by atoms with E-state index in [1.807, 2.05) is 6.92 Å². The molecule has 3 atom stereocenters. The van der Waals surface area contributed by atoms with Crippen LogP contribution in [0.3, 0.4) is 0 Å². The van der Waals surface area contributed by atoms with Gasteiger partial charge in [-0.3, -0.25) is 4.79 Å². The van der Waals surface area contributed by atoms with Crippen LogP contribution < -0.4 is 11.1 Å². The van der Waals surface area contributed by atoms with Gasteiger partial charge in [0, 0.05) is 19.0 Å². The number of likely N-dealkylation sites (tertiary alicyclic amines) is 1. The summed E-state index contributed by atoms with van der Waals surface area (Å²) in [5.41, 5.74) is 5.00. The van der Waals surface area contributed by atoms with E-state index < -0.39 is 17.9 Å². The average Bonchev–Trinajstić information content (AvgIpc) is 2.36. The third kappa shape index (κ3) is 4.71. The quantitative estimate of drug-likeness (QED) is 0.684. The summed E-state index contributed by atoms with van der Waals surface area (Å²) < 4.78 is 0. The molecule has 0 saturated carbocycles. The van der Waals surface area contributed by atoms with Gasteiger partial charge >= 0.3 is 12.0 Å². The van der Waals surface area contributed by atoms with E-state index in [0.29, 0.717) is 12.5 Å². The number of carbonyl (C=O) groups is 3. The van der Waals surface area contributed by atoms with E-state index in [9.17, 15) is 14.4 Å². The lowest BCUT2D eigenvalue weighted by Gasteiger charge is -2.37. The van der Waals surface area contributed by atoms with Crippen LogP contribution in [0.25, 0.3) is 0 Å². The van der Waals surface area contributed by atoms with Crippen molar-refractivity contribution in [3.63, 3.8) is 0 Å². The Morgan fingerprint density at radius 2 is 2.00 bits per heavy atom. The van der Waals surface area contributed by atoms with Gasteiger partial charge in [-0.15, -0.1) is 0 Å². The molecular formula is C13H23N3O4. The van der Waals surface area contributed by atoms with Crippen LogP contribution >= 0.6 is 0 Å². The van der Waals surface area contributed by atoms with Crippen molar-refractivity contribution in [2.45, 2.75) is 51.6 Å². The minimum atomic E-state index is -1.16. The van der Waals surface area contributed by atoms with Crippen LogP contribution in [-0.4, -0.2) is 46.5 Å². The van der Waals surface area contributed by atoms with E-state index in [4.69, 9.17) is 10.8 Å². The Morgan fingerprint density at radius 3 is 2.55 bits per heavy atom. The highest BCUT2D eigenvalue weighted by molar-refractivity contribution is 5.83. The number of hydrogen-bond acceptors (Lipinski definition) is 3. The van der Waals surface area contributed by atoms with E-state index in [0.717, 1.165) is 12.8 Å². The molecule has 7 nitrogen and oxygen atoms in total. The molecule has 0 spiro atoms. The zero-order valence-corrected chi connectivity index (χ0v) is 12.0. The summed E-state index contributed by atoms with van der Waals surface area (Å²) in [6.45, 7) is 4.63. The summed E-state index contributed by atoms with van der Waals surface area (Å²) in [5, 5.41) is 11.5. The molecule has 1 aliphatic heterocycles. The van der Waals surface area contributed by atoms with Crippen molar-refractivity contribution in [3.8, 4) is 0 Å². The molecule has 1 heterocycles. The SMILES string of the molecule is CC1CCC(C)N(C(=O)NC(CCC(N)=O)C(=O)O)C1. The minimum absolute atomic E-state index is 0.00812. The molecule has 0 aliphatic carbocycles. The molecule has 1 aliphatic rings. The van der Waals surface area contributed by atoms with Crippen molar-refractivity contribution < 1.29 is 19.5 Å². The van der Waals surface area contributed by atoms with Gasteiger partial charge in [0.15, 0.2) is 0 Å². The first-order valence-electron chi connectivity index (χ1n) is 6.89. The number of piperidine rings is 1. The second-order valence-corrected chi connectivity index (χ2v) is 5.53. The molecule has 1 rings (SSSR count). The third-order valence-electron chi connectivity index (χ3n) is 3.65. The molecule has 3 unspecified atom stereocenters. The maximum atomic E-state index is 12.1. The summed E-state index contributed by atoms with van der Waals surface area (Å²) in [6.07, 6.45) is 1.92. The summed E-state index contributed by atoms with van der Waals surface area (Å²) in [6, 6.07) is -1.38. The summed E-state index contributed by atoms with van der Waals surface area (Å²) >= 11 is 0. The fourth-order valence-corrected chi connectivity index (χ4v) is 2.35. The Morgan fingerprint density at radius 1 is 1.35 bits per heavy atom. The van der Waals surface area contributed by atoms with Gasteiger partial charge in [-0.1, -0.05) is 6.92 Å². The average molecular weight is 285 g/mol. The first-order chi connectivity index (χ1) is 9.31. The van der Waals surface area contributed by atoms with Gasteiger partial charge in [0.2, 0.25) is 5.91 Å². The molecule has 3 amide bonds. The number of hydrogen-bond donors (Lipinski definition) is 3. The number of nitrogens with zero attached hydrogens (tertiary/aromatic N) is 1. The molecule has 0 radical (unpaired) electrons. The van der Waals surface area contributed by atoms with Gasteiger partial charge in [-0.2, -0.15) is 0 Å². The Balaban J connectivity index is 2.60. The van der Waals surface area contributed by atoms with E-state index in [1.165, 1.54) is 0 Å². The van der Waals surface area contributed by atoms with Crippen molar-refractivity contribution in [3.05, 3.63) is 0 Å². The van der Waals surface area contributed by atoms with Crippen LogP contribution in [0, 0.1) is 5.92 Å². The maximum Gasteiger partial charge on any atom is 0.326 e. The number of aliphatic carboxylic acids is 1. The van der Waals surface area contributed by atoms with Gasteiger partial charge in [-0.05, 0) is 32.1 Å². The Kier molecular flexibility index (Phi) is 5.79. The van der Waals surface area contributed by atoms with Crippen LogP contribution in [0.5, 0.6) is 0 Å². The standard InChI is InChI=1S/C13H23N3O4/c1-8-3-4-9(2)16(7-8)13(20)15-10(12(18)19)5-6-11(14)17/h8-10H,3-7H2,1-2H3,(H2,14,17)(H,15,20)(H,18,19). The highest BCUT2D eigenvalue weighted by Gasteiger charge is 2.29. The number of urea groups is 1. The number of carboxylic acids is 1. The molecule has 0 aromatic carbocycles. The summed E-state index contributed by atoms with van der Waals surface area (Å²) in [7, 11) is 0. The fraction of sp³-hybridized carbons (Fsp3) is 0.769. The Labute approximate surface area is 118 Å². The van der Waals surface area contributed by atoms with E-state index >= 15 is 0 Å². The molecule has 20 heavy (non-hydrogen) atoms. The van der Waals surface area contributed by atoms with Crippen LogP contribution in [0.15, 0.2) is 0 Å². The number of rotatable bonds is 5. The van der Waals surface area contributed by atoms with Gasteiger partial charge in [0.05, 0.1) is 0 Å². The van der Waals surface area contributed by atoms with Crippen molar-refractivity contribution in [1.82, 2.24) is 10.2 Å². The minimum Gasteiger partial charge on any atom is -0.480 e. The lowest BCUT2D eigenvalue weighted by molar-refractivity contribution is -0.139. The van der Waals surface area contributed by atoms with Crippen LogP contribution in [0.2, 0.25) is 0 Å². The van der Waals surface area contributed by atoms with Gasteiger partial charge < -0.3 is 21.1 Å². The zero-order chi connectivity index (χ0) is 15.3. The number of amides is 3. The van der Waals surface area contributed by atoms with Gasteiger partial charge in [0.1, 0.15) is 6.04 Å². The van der Waals surface area contributed by atoms with Crippen molar-refractivity contribution >= 4 is 17.9 Å². The molecule has 7 heteroatoms. The van der Waals surface area contributed by atoms with Crippen molar-refractivity contribution in [1.29, 1.82) is 0 Å². The molecule has 114 valence electrons. The molecular weight excluding hydrogens is 262 g/mol. The molecule has 0 aromatic heterocycles. The lowest BCUT2D eigenvalue weighted by Crippen LogP contribution is -2.53. The fourth-order valence-electron chi connectivity index (χ4n) is 2.35. The molecule has 1 fully saturated rings. The highest BCUT2D eigenvalue weighted by Crippen LogP contribution is 2.21. The van der Waals surface area contributed by atoms with Crippen molar-refractivity contribution in [2.75, 3.05) is 6.54 Å². The van der Waals surface area contributed by atoms with E-state index in [1.54, 1.807) is 4.90 Å². The normalized spacial score (nSPS) is 24.0. The van der Waals surface area contributed by atoms with Crippen LogP contribution in [0.1, 0.15) is 39.5 Å². The number of primary amides is 1. The summed E-state index contributed by atoms with van der Waals surface area (Å²) in [5.74, 6) is -1.33. The largest absolute Gasteiger partial charge is 0.480 e.